The number of rotatable bonds is 6. The molecule has 24 heavy (non-hydrogen) atoms. The summed E-state index contributed by atoms with van der Waals surface area (Å²) in [5, 5.41) is 3.64. The van der Waals surface area contributed by atoms with Crippen LogP contribution >= 0.6 is 12.2 Å². The molecule has 0 aromatic heterocycles. The Bertz CT molecular complexity index is 593. The highest BCUT2D eigenvalue weighted by Crippen LogP contribution is 2.17. The van der Waals surface area contributed by atoms with Gasteiger partial charge in [-0.15, -0.1) is 0 Å². The number of thiocarbonyl (C=S) groups is 1. The number of benzene rings is 1. The minimum atomic E-state index is -0.266. The summed E-state index contributed by atoms with van der Waals surface area (Å²) < 4.78 is 5.40. The maximum Gasteiger partial charge on any atom is 0.262 e. The van der Waals surface area contributed by atoms with E-state index in [4.69, 9.17) is 17.0 Å². The normalized spacial score (nSPS) is 14.3. The molecular weight excluding hydrogens is 322 g/mol. The molecule has 0 spiro atoms. The number of hydrogen-bond acceptors (Lipinski definition) is 3. The van der Waals surface area contributed by atoms with Gasteiger partial charge in [0.2, 0.25) is 0 Å². The first-order valence-electron chi connectivity index (χ1n) is 8.05. The number of amides is 1. The van der Waals surface area contributed by atoms with Gasteiger partial charge < -0.3 is 10.1 Å². The van der Waals surface area contributed by atoms with Gasteiger partial charge in [0.15, 0.2) is 5.11 Å². The van der Waals surface area contributed by atoms with Crippen LogP contribution in [0.2, 0.25) is 0 Å². The van der Waals surface area contributed by atoms with E-state index in [9.17, 15) is 4.79 Å². The van der Waals surface area contributed by atoms with Gasteiger partial charge in [0.05, 0.1) is 0 Å². The molecule has 1 amide bonds. The van der Waals surface area contributed by atoms with Crippen LogP contribution in [0.1, 0.15) is 31.2 Å². The molecule has 2 rings (SSSR count). The molecule has 1 aliphatic carbocycles. The maximum absolute atomic E-state index is 11.8. The summed E-state index contributed by atoms with van der Waals surface area (Å²) >= 11 is 5.15. The molecule has 0 aliphatic heterocycles. The average molecular weight is 345 g/mol. The second-order valence-electron chi connectivity index (χ2n) is 5.57. The van der Waals surface area contributed by atoms with E-state index in [-0.39, 0.29) is 5.91 Å². The number of nitrogens with one attached hydrogen (secondary N) is 3. The van der Waals surface area contributed by atoms with Gasteiger partial charge >= 0.3 is 0 Å². The van der Waals surface area contributed by atoms with Gasteiger partial charge in [-0.05, 0) is 48.8 Å². The standard InChI is InChI=1S/C18H23N3O2S/c1-2-13-23-16-10-7-14(8-11-16)9-12-17(22)20-21-18(24)19-15-5-3-4-6-15/h2,7-12,15H,1,3-6,13H2,(H,20,22)(H2,19,21,24)/b12-9+. The van der Waals surface area contributed by atoms with Gasteiger partial charge in [-0.2, -0.15) is 0 Å². The lowest BCUT2D eigenvalue weighted by Crippen LogP contribution is -2.48. The fourth-order valence-corrected chi connectivity index (χ4v) is 2.67. The summed E-state index contributed by atoms with van der Waals surface area (Å²) in [5.74, 6) is 0.499. The Kier molecular flexibility index (Phi) is 7.29. The Morgan fingerprint density at radius 3 is 2.62 bits per heavy atom. The third kappa shape index (κ3) is 6.42. The molecule has 0 saturated heterocycles. The molecule has 0 bridgehead atoms. The lowest BCUT2D eigenvalue weighted by atomic mass is 10.2. The highest BCUT2D eigenvalue weighted by Gasteiger charge is 2.15. The summed E-state index contributed by atoms with van der Waals surface area (Å²) in [6.07, 6.45) is 9.58. The topological polar surface area (TPSA) is 62.4 Å². The summed E-state index contributed by atoms with van der Waals surface area (Å²) in [7, 11) is 0. The van der Waals surface area contributed by atoms with E-state index in [1.54, 1.807) is 12.2 Å². The third-order valence-electron chi connectivity index (χ3n) is 3.66. The van der Waals surface area contributed by atoms with Crippen molar-refractivity contribution in [1.29, 1.82) is 0 Å². The molecule has 1 aromatic rings. The third-order valence-corrected chi connectivity index (χ3v) is 3.88. The first-order valence-corrected chi connectivity index (χ1v) is 8.46. The van der Waals surface area contributed by atoms with Gasteiger partial charge in [0.1, 0.15) is 12.4 Å². The van der Waals surface area contributed by atoms with E-state index >= 15 is 0 Å². The van der Waals surface area contributed by atoms with Crippen LogP contribution in [0, 0.1) is 0 Å². The average Bonchev–Trinajstić information content (AvgIpc) is 3.10. The van der Waals surface area contributed by atoms with Crippen molar-refractivity contribution in [2.45, 2.75) is 31.7 Å². The fourth-order valence-electron chi connectivity index (χ4n) is 2.45. The Hall–Kier alpha value is -2.34. The fraction of sp³-hybridized carbons (Fsp3) is 0.333. The lowest BCUT2D eigenvalue weighted by molar-refractivity contribution is -0.116. The molecule has 1 aromatic carbocycles. The van der Waals surface area contributed by atoms with Gasteiger partial charge in [0.25, 0.3) is 5.91 Å². The van der Waals surface area contributed by atoms with Crippen molar-refractivity contribution in [3.8, 4) is 5.75 Å². The van der Waals surface area contributed by atoms with E-state index in [1.807, 2.05) is 24.3 Å². The van der Waals surface area contributed by atoms with Crippen LogP contribution in [-0.2, 0) is 4.79 Å². The van der Waals surface area contributed by atoms with Crippen LogP contribution < -0.4 is 20.9 Å². The first kappa shape index (κ1) is 18.0. The molecule has 5 nitrogen and oxygen atoms in total. The Morgan fingerprint density at radius 2 is 1.96 bits per heavy atom. The quantitative estimate of drug-likeness (QED) is 0.320. The van der Waals surface area contributed by atoms with Crippen LogP contribution in [0.15, 0.2) is 43.0 Å². The second-order valence-corrected chi connectivity index (χ2v) is 5.98. The van der Waals surface area contributed by atoms with Crippen molar-refractivity contribution in [2.75, 3.05) is 6.61 Å². The highest BCUT2D eigenvalue weighted by atomic mass is 32.1. The van der Waals surface area contributed by atoms with Gasteiger partial charge in [-0.3, -0.25) is 15.6 Å². The second kappa shape index (κ2) is 9.72. The largest absolute Gasteiger partial charge is 0.490 e. The molecule has 0 atom stereocenters. The molecule has 1 aliphatic rings. The van der Waals surface area contributed by atoms with Crippen molar-refractivity contribution >= 4 is 29.3 Å². The van der Waals surface area contributed by atoms with Gasteiger partial charge in [-0.1, -0.05) is 37.6 Å². The molecule has 1 saturated carbocycles. The molecule has 3 N–H and O–H groups in total. The number of ether oxygens (including phenoxy) is 1. The zero-order valence-electron chi connectivity index (χ0n) is 13.6. The highest BCUT2D eigenvalue weighted by molar-refractivity contribution is 7.80. The van der Waals surface area contributed by atoms with Crippen LogP contribution in [-0.4, -0.2) is 23.7 Å². The Labute approximate surface area is 148 Å². The SMILES string of the molecule is C=CCOc1ccc(/C=C/C(=O)NNC(=S)NC2CCCC2)cc1. The zero-order valence-corrected chi connectivity index (χ0v) is 14.4. The summed E-state index contributed by atoms with van der Waals surface area (Å²) in [6.45, 7) is 4.07. The molecule has 128 valence electrons. The van der Waals surface area contributed by atoms with E-state index in [2.05, 4.69) is 22.7 Å². The maximum atomic E-state index is 11.8. The molecule has 1 fully saturated rings. The monoisotopic (exact) mass is 345 g/mol. The molecule has 0 unspecified atom stereocenters. The van der Waals surface area contributed by atoms with Crippen LogP contribution in [0.4, 0.5) is 0 Å². The van der Waals surface area contributed by atoms with Crippen molar-refractivity contribution in [3.05, 3.63) is 48.6 Å². The predicted octanol–water partition coefficient (Wildman–Crippen LogP) is 2.70. The van der Waals surface area contributed by atoms with E-state index in [0.717, 1.165) is 24.2 Å². The van der Waals surface area contributed by atoms with Crippen molar-refractivity contribution in [3.63, 3.8) is 0 Å². The van der Waals surface area contributed by atoms with E-state index in [1.165, 1.54) is 18.9 Å². The lowest BCUT2D eigenvalue weighted by Gasteiger charge is -2.15. The summed E-state index contributed by atoms with van der Waals surface area (Å²) in [4.78, 5) is 11.8. The predicted molar refractivity (Wildman–Crippen MR) is 100 cm³/mol. The van der Waals surface area contributed by atoms with Crippen molar-refractivity contribution in [1.82, 2.24) is 16.2 Å². The van der Waals surface area contributed by atoms with Crippen LogP contribution in [0.5, 0.6) is 5.75 Å². The summed E-state index contributed by atoms with van der Waals surface area (Å²) in [6, 6.07) is 7.86. The van der Waals surface area contributed by atoms with Crippen LogP contribution in [0.3, 0.4) is 0 Å². The number of hydrogen-bond donors (Lipinski definition) is 3. The molecule has 6 heteroatoms. The Morgan fingerprint density at radius 1 is 1.25 bits per heavy atom. The molecule has 0 heterocycles. The number of carbonyl (C=O) groups excluding carboxylic acids is 1. The van der Waals surface area contributed by atoms with Crippen molar-refractivity contribution in [2.24, 2.45) is 0 Å². The van der Waals surface area contributed by atoms with Gasteiger partial charge in [-0.25, -0.2) is 0 Å². The van der Waals surface area contributed by atoms with E-state index in [0.29, 0.717) is 17.8 Å². The first-order chi connectivity index (χ1) is 11.7. The van der Waals surface area contributed by atoms with Gasteiger partial charge in [0, 0.05) is 12.1 Å². The number of hydrazine groups is 1. The molecule has 0 radical (unpaired) electrons. The van der Waals surface area contributed by atoms with Crippen LogP contribution in [0.25, 0.3) is 6.08 Å². The Balaban J connectivity index is 1.71. The zero-order chi connectivity index (χ0) is 17.2. The van der Waals surface area contributed by atoms with Crippen molar-refractivity contribution < 1.29 is 9.53 Å². The number of carbonyl (C=O) groups is 1. The molecular formula is C18H23N3O2S. The minimum absolute atomic E-state index is 0.266. The van der Waals surface area contributed by atoms with E-state index < -0.39 is 0 Å². The smallest absolute Gasteiger partial charge is 0.262 e. The summed E-state index contributed by atoms with van der Waals surface area (Å²) in [5.41, 5.74) is 6.17. The minimum Gasteiger partial charge on any atom is -0.490 e.